The number of nitrogens with zero attached hydrogens (tertiary/aromatic N) is 1. The highest BCUT2D eigenvalue weighted by Crippen LogP contribution is 2.22. The van der Waals surface area contributed by atoms with E-state index in [4.69, 9.17) is 4.74 Å². The molecule has 0 bridgehead atoms. The predicted molar refractivity (Wildman–Crippen MR) is 79.8 cm³/mol. The Morgan fingerprint density at radius 2 is 2.11 bits per heavy atom. The molecule has 0 spiro atoms. The van der Waals surface area contributed by atoms with Crippen LogP contribution in [0.25, 0.3) is 0 Å². The zero-order valence-corrected chi connectivity index (χ0v) is 12.5. The number of ether oxygens (including phenoxy) is 1. The van der Waals surface area contributed by atoms with Gasteiger partial charge < -0.3 is 10.1 Å². The minimum absolute atomic E-state index is 0.538. The van der Waals surface area contributed by atoms with Crippen molar-refractivity contribution in [3.05, 3.63) is 29.8 Å². The molecule has 3 unspecified atom stereocenters. The maximum atomic E-state index is 5.45. The van der Waals surface area contributed by atoms with Crippen LogP contribution in [-0.4, -0.2) is 43.2 Å². The number of benzene rings is 1. The van der Waals surface area contributed by atoms with Crippen molar-refractivity contribution < 1.29 is 4.74 Å². The lowest BCUT2D eigenvalue weighted by Gasteiger charge is -2.41. The first kappa shape index (κ1) is 14.4. The molecule has 19 heavy (non-hydrogen) atoms. The minimum atomic E-state index is 0.538. The maximum absolute atomic E-state index is 5.45. The van der Waals surface area contributed by atoms with Gasteiger partial charge in [0.05, 0.1) is 7.11 Å². The topological polar surface area (TPSA) is 24.5 Å². The Morgan fingerprint density at radius 3 is 2.84 bits per heavy atom. The number of nitrogens with one attached hydrogen (secondary N) is 1. The van der Waals surface area contributed by atoms with E-state index < -0.39 is 0 Å². The molecule has 3 heteroatoms. The fourth-order valence-electron chi connectivity index (χ4n) is 2.97. The molecule has 1 aromatic rings. The number of hydrogen-bond acceptors (Lipinski definition) is 3. The van der Waals surface area contributed by atoms with Crippen molar-refractivity contribution in [2.24, 2.45) is 0 Å². The molecule has 0 saturated carbocycles. The van der Waals surface area contributed by atoms with Gasteiger partial charge in [-0.1, -0.05) is 18.2 Å². The minimum Gasteiger partial charge on any atom is -0.496 e. The molecule has 0 amide bonds. The van der Waals surface area contributed by atoms with Gasteiger partial charge in [-0.2, -0.15) is 0 Å². The van der Waals surface area contributed by atoms with Crippen LogP contribution >= 0.6 is 0 Å². The largest absolute Gasteiger partial charge is 0.496 e. The molecule has 1 saturated heterocycles. The lowest BCUT2D eigenvalue weighted by Crippen LogP contribution is -2.57. The second-order valence-electron chi connectivity index (χ2n) is 5.72. The molecule has 0 radical (unpaired) electrons. The number of rotatable bonds is 4. The Bertz CT molecular complexity index is 407. The number of hydrogen-bond donors (Lipinski definition) is 1. The molecule has 3 atom stereocenters. The summed E-state index contributed by atoms with van der Waals surface area (Å²) in [4.78, 5) is 2.60. The summed E-state index contributed by atoms with van der Waals surface area (Å²) < 4.78 is 5.45. The summed E-state index contributed by atoms with van der Waals surface area (Å²) in [6.45, 7) is 9.09. The first-order valence-electron chi connectivity index (χ1n) is 7.22. The first-order valence-corrected chi connectivity index (χ1v) is 7.22. The van der Waals surface area contributed by atoms with E-state index >= 15 is 0 Å². The Hall–Kier alpha value is -1.06. The lowest BCUT2D eigenvalue weighted by molar-refractivity contribution is 0.103. The molecule has 1 aromatic carbocycles. The highest BCUT2D eigenvalue weighted by molar-refractivity contribution is 5.33. The van der Waals surface area contributed by atoms with Crippen LogP contribution in [-0.2, 0) is 6.42 Å². The van der Waals surface area contributed by atoms with Gasteiger partial charge in [0.15, 0.2) is 0 Å². The lowest BCUT2D eigenvalue weighted by atomic mass is 10.0. The number of para-hydroxylation sites is 1. The second-order valence-corrected chi connectivity index (χ2v) is 5.72. The zero-order valence-electron chi connectivity index (χ0n) is 12.5. The highest BCUT2D eigenvalue weighted by Gasteiger charge is 2.26. The van der Waals surface area contributed by atoms with E-state index in [1.807, 2.05) is 12.1 Å². The number of piperazine rings is 1. The van der Waals surface area contributed by atoms with Crippen molar-refractivity contribution in [3.8, 4) is 5.75 Å². The van der Waals surface area contributed by atoms with Gasteiger partial charge in [0.1, 0.15) is 5.75 Å². The number of methoxy groups -OCH3 is 1. The predicted octanol–water partition coefficient (Wildman–Crippen LogP) is 2.31. The molecule has 1 fully saturated rings. The van der Waals surface area contributed by atoms with Crippen LogP contribution in [0.5, 0.6) is 5.75 Å². The Kier molecular flexibility index (Phi) is 4.83. The molecule has 0 aliphatic carbocycles. The van der Waals surface area contributed by atoms with E-state index in [0.29, 0.717) is 18.1 Å². The fourth-order valence-corrected chi connectivity index (χ4v) is 2.97. The molecule has 1 N–H and O–H groups in total. The molecule has 1 heterocycles. The quantitative estimate of drug-likeness (QED) is 0.901. The van der Waals surface area contributed by atoms with Crippen molar-refractivity contribution in [2.75, 3.05) is 20.2 Å². The van der Waals surface area contributed by atoms with Crippen LogP contribution in [0.3, 0.4) is 0 Å². The average molecular weight is 262 g/mol. The first-order chi connectivity index (χ1) is 9.11. The standard InChI is InChI=1S/C16H26N2O/c1-12-11-18(14(3)10-17-12)13(2)9-15-7-5-6-8-16(15)19-4/h5-8,12-14,17H,9-11H2,1-4H3. The second kappa shape index (κ2) is 6.40. The van der Waals surface area contributed by atoms with E-state index in [9.17, 15) is 0 Å². The summed E-state index contributed by atoms with van der Waals surface area (Å²) in [6, 6.07) is 10.1. The Balaban J connectivity index is 2.05. The van der Waals surface area contributed by atoms with Gasteiger partial charge in [-0.15, -0.1) is 0 Å². The van der Waals surface area contributed by atoms with Gasteiger partial charge in [-0.3, -0.25) is 4.90 Å². The van der Waals surface area contributed by atoms with Crippen LogP contribution in [0.2, 0.25) is 0 Å². The molecule has 0 aromatic heterocycles. The third-order valence-electron chi connectivity index (χ3n) is 4.09. The summed E-state index contributed by atoms with van der Waals surface area (Å²) in [6.07, 6.45) is 1.04. The van der Waals surface area contributed by atoms with Crippen LogP contribution in [0.15, 0.2) is 24.3 Å². The van der Waals surface area contributed by atoms with Crippen LogP contribution in [0, 0.1) is 0 Å². The molecule has 1 aliphatic heterocycles. The molecule has 3 nitrogen and oxygen atoms in total. The van der Waals surface area contributed by atoms with Crippen LogP contribution in [0.4, 0.5) is 0 Å². The molecule has 1 aliphatic rings. The van der Waals surface area contributed by atoms with E-state index in [2.05, 4.69) is 43.1 Å². The third-order valence-corrected chi connectivity index (χ3v) is 4.09. The SMILES string of the molecule is COc1ccccc1CC(C)N1CC(C)NCC1C. The van der Waals surface area contributed by atoms with Gasteiger partial charge in [0.2, 0.25) is 0 Å². The Labute approximate surface area is 116 Å². The van der Waals surface area contributed by atoms with Gasteiger partial charge in [-0.05, 0) is 38.8 Å². The summed E-state index contributed by atoms with van der Waals surface area (Å²) in [5.74, 6) is 1.00. The van der Waals surface area contributed by atoms with Crippen molar-refractivity contribution in [1.29, 1.82) is 0 Å². The summed E-state index contributed by atoms with van der Waals surface area (Å²) >= 11 is 0. The van der Waals surface area contributed by atoms with E-state index in [-0.39, 0.29) is 0 Å². The van der Waals surface area contributed by atoms with Crippen molar-refractivity contribution in [1.82, 2.24) is 10.2 Å². The van der Waals surface area contributed by atoms with E-state index in [1.54, 1.807) is 7.11 Å². The smallest absolute Gasteiger partial charge is 0.122 e. The van der Waals surface area contributed by atoms with Gasteiger partial charge in [0, 0.05) is 31.2 Å². The van der Waals surface area contributed by atoms with E-state index in [0.717, 1.165) is 25.3 Å². The van der Waals surface area contributed by atoms with Crippen LogP contribution in [0.1, 0.15) is 26.3 Å². The maximum Gasteiger partial charge on any atom is 0.122 e. The van der Waals surface area contributed by atoms with Crippen LogP contribution < -0.4 is 10.1 Å². The molecule has 106 valence electrons. The summed E-state index contributed by atoms with van der Waals surface area (Å²) in [7, 11) is 1.75. The molecule has 2 rings (SSSR count). The van der Waals surface area contributed by atoms with Crippen molar-refractivity contribution in [2.45, 2.75) is 45.3 Å². The van der Waals surface area contributed by atoms with Gasteiger partial charge in [-0.25, -0.2) is 0 Å². The van der Waals surface area contributed by atoms with Gasteiger partial charge in [0.25, 0.3) is 0 Å². The van der Waals surface area contributed by atoms with Crippen molar-refractivity contribution in [3.63, 3.8) is 0 Å². The fraction of sp³-hybridized carbons (Fsp3) is 0.625. The Morgan fingerprint density at radius 1 is 1.37 bits per heavy atom. The van der Waals surface area contributed by atoms with Gasteiger partial charge >= 0.3 is 0 Å². The average Bonchev–Trinajstić information content (AvgIpc) is 2.42. The zero-order chi connectivity index (χ0) is 13.8. The monoisotopic (exact) mass is 262 g/mol. The molecular formula is C16H26N2O. The highest BCUT2D eigenvalue weighted by atomic mass is 16.5. The third kappa shape index (κ3) is 3.48. The summed E-state index contributed by atoms with van der Waals surface area (Å²) in [5, 5.41) is 3.54. The normalized spacial score (nSPS) is 26.1. The van der Waals surface area contributed by atoms with E-state index in [1.165, 1.54) is 5.56 Å². The summed E-state index contributed by atoms with van der Waals surface area (Å²) in [5.41, 5.74) is 1.30. The van der Waals surface area contributed by atoms with Crippen molar-refractivity contribution >= 4 is 0 Å². The molecular weight excluding hydrogens is 236 g/mol.